The largest absolute Gasteiger partial charge is 1.00 e. The SMILES string of the molecule is CCCCC(CC)COC[B-](F)(F)F.[K+]. The molecule has 0 saturated heterocycles. The van der Waals surface area contributed by atoms with Crippen molar-refractivity contribution >= 4 is 6.98 Å². The van der Waals surface area contributed by atoms with Crippen LogP contribution in [0.2, 0.25) is 0 Å². The molecular weight excluding hydrogens is 231 g/mol. The summed E-state index contributed by atoms with van der Waals surface area (Å²) in [6.45, 7) is -1.52. The van der Waals surface area contributed by atoms with Crippen LogP contribution in [-0.4, -0.2) is 20.1 Å². The van der Waals surface area contributed by atoms with Gasteiger partial charge in [0.25, 0.3) is 0 Å². The molecular formula is C9H19BF3KO. The Hall–Kier alpha value is 1.45. The first-order valence-corrected chi connectivity index (χ1v) is 5.28. The fourth-order valence-corrected chi connectivity index (χ4v) is 1.27. The summed E-state index contributed by atoms with van der Waals surface area (Å²) in [5, 5.41) is 0. The summed E-state index contributed by atoms with van der Waals surface area (Å²) in [4.78, 5) is 0. The second kappa shape index (κ2) is 10.6. The second-order valence-corrected chi connectivity index (χ2v) is 3.66. The Morgan fingerprint density at radius 3 is 2.20 bits per heavy atom. The number of hydrogen-bond acceptors (Lipinski definition) is 1. The molecule has 0 aliphatic carbocycles. The summed E-state index contributed by atoms with van der Waals surface area (Å²) in [7, 11) is 0. The van der Waals surface area contributed by atoms with Gasteiger partial charge in [-0.1, -0.05) is 33.1 Å². The van der Waals surface area contributed by atoms with Gasteiger partial charge in [0.15, 0.2) is 0 Å². The van der Waals surface area contributed by atoms with Crippen molar-refractivity contribution in [2.24, 2.45) is 5.92 Å². The third kappa shape index (κ3) is 13.4. The van der Waals surface area contributed by atoms with Crippen LogP contribution in [0.3, 0.4) is 0 Å². The van der Waals surface area contributed by atoms with Crippen LogP contribution >= 0.6 is 0 Å². The van der Waals surface area contributed by atoms with Crippen molar-refractivity contribution in [3.63, 3.8) is 0 Å². The van der Waals surface area contributed by atoms with E-state index < -0.39 is 13.5 Å². The summed E-state index contributed by atoms with van der Waals surface area (Å²) >= 11 is 0. The fourth-order valence-electron chi connectivity index (χ4n) is 1.27. The van der Waals surface area contributed by atoms with Gasteiger partial charge in [-0.15, -0.1) is 0 Å². The monoisotopic (exact) mass is 250 g/mol. The van der Waals surface area contributed by atoms with Gasteiger partial charge >= 0.3 is 58.4 Å². The molecule has 1 nitrogen and oxygen atoms in total. The third-order valence-electron chi connectivity index (χ3n) is 2.20. The Bertz CT molecular complexity index is 144. The molecule has 0 N–H and O–H groups in total. The Balaban J connectivity index is 0. The van der Waals surface area contributed by atoms with E-state index in [9.17, 15) is 12.9 Å². The Morgan fingerprint density at radius 1 is 1.20 bits per heavy atom. The van der Waals surface area contributed by atoms with Gasteiger partial charge in [0.2, 0.25) is 0 Å². The zero-order chi connectivity index (χ0) is 11.0. The van der Waals surface area contributed by atoms with E-state index in [0.717, 1.165) is 25.7 Å². The first-order valence-electron chi connectivity index (χ1n) is 5.28. The van der Waals surface area contributed by atoms with Crippen molar-refractivity contribution in [3.05, 3.63) is 0 Å². The van der Waals surface area contributed by atoms with Gasteiger partial charge in [-0.2, -0.15) is 0 Å². The number of unbranched alkanes of at least 4 members (excludes halogenated alkanes) is 1. The van der Waals surface area contributed by atoms with Gasteiger partial charge in [0.1, 0.15) is 0 Å². The molecule has 86 valence electrons. The number of rotatable bonds is 8. The zero-order valence-corrected chi connectivity index (χ0v) is 13.1. The van der Waals surface area contributed by atoms with Gasteiger partial charge in [-0.3, -0.25) is 0 Å². The van der Waals surface area contributed by atoms with Gasteiger partial charge in [0.05, 0.1) is 0 Å². The van der Waals surface area contributed by atoms with Crippen molar-refractivity contribution in [2.75, 3.05) is 13.1 Å². The molecule has 1 unspecified atom stereocenters. The number of halogens is 3. The van der Waals surface area contributed by atoms with E-state index >= 15 is 0 Å². The molecule has 0 bridgehead atoms. The maximum atomic E-state index is 11.8. The maximum absolute atomic E-state index is 11.8. The average Bonchev–Trinajstić information content (AvgIpc) is 2.09. The average molecular weight is 250 g/mol. The first-order chi connectivity index (χ1) is 6.49. The van der Waals surface area contributed by atoms with Crippen molar-refractivity contribution in [2.45, 2.75) is 39.5 Å². The molecule has 15 heavy (non-hydrogen) atoms. The van der Waals surface area contributed by atoms with Crippen LogP contribution in [0, 0.1) is 5.92 Å². The van der Waals surface area contributed by atoms with E-state index in [-0.39, 0.29) is 63.9 Å². The van der Waals surface area contributed by atoms with Crippen molar-refractivity contribution < 1.29 is 69.1 Å². The van der Waals surface area contributed by atoms with Crippen LogP contribution in [0.15, 0.2) is 0 Å². The molecule has 0 radical (unpaired) electrons. The van der Waals surface area contributed by atoms with E-state index in [0.29, 0.717) is 0 Å². The predicted molar refractivity (Wildman–Crippen MR) is 53.2 cm³/mol. The predicted octanol–water partition coefficient (Wildman–Crippen LogP) is 0.610. The van der Waals surface area contributed by atoms with Crippen LogP contribution in [0.4, 0.5) is 12.9 Å². The molecule has 0 spiro atoms. The van der Waals surface area contributed by atoms with Crippen LogP contribution in [-0.2, 0) is 4.74 Å². The summed E-state index contributed by atoms with van der Waals surface area (Å²) in [5.41, 5.74) is 0. The van der Waals surface area contributed by atoms with Crippen LogP contribution in [0.5, 0.6) is 0 Å². The van der Waals surface area contributed by atoms with Gasteiger partial charge in [-0.05, 0) is 12.3 Å². The molecule has 1 atom stereocenters. The van der Waals surface area contributed by atoms with E-state index in [1.165, 1.54) is 0 Å². The van der Waals surface area contributed by atoms with Crippen LogP contribution in [0.25, 0.3) is 0 Å². The minimum absolute atomic E-state index is 0. The molecule has 0 aromatic rings. The molecule has 6 heteroatoms. The minimum Gasteiger partial charge on any atom is -0.447 e. The summed E-state index contributed by atoms with van der Waals surface area (Å²) in [5.74, 6) is 0.285. The van der Waals surface area contributed by atoms with Gasteiger partial charge in [-0.25, -0.2) is 0 Å². The smallest absolute Gasteiger partial charge is 0.447 e. The maximum Gasteiger partial charge on any atom is 1.00 e. The Labute approximate surface area is 133 Å². The molecule has 0 fully saturated rings. The Morgan fingerprint density at radius 2 is 1.80 bits per heavy atom. The summed E-state index contributed by atoms with van der Waals surface area (Å²) in [6, 6.07) is 0. The standard InChI is InChI=1S/C9H19BF3O.K/c1-3-5-6-9(4-2)7-14-8-10(11,12)13;/h9H,3-8H2,1-2H3;/q-1;+1. The summed E-state index contributed by atoms with van der Waals surface area (Å²) in [6.07, 6.45) is 4.02. The van der Waals surface area contributed by atoms with Crippen molar-refractivity contribution in [3.8, 4) is 0 Å². The molecule has 0 aromatic heterocycles. The first kappa shape index (κ1) is 18.8. The minimum atomic E-state index is -4.78. The van der Waals surface area contributed by atoms with Crippen LogP contribution < -0.4 is 51.4 Å². The topological polar surface area (TPSA) is 9.23 Å². The van der Waals surface area contributed by atoms with E-state index in [4.69, 9.17) is 0 Å². The van der Waals surface area contributed by atoms with Crippen molar-refractivity contribution in [1.29, 1.82) is 0 Å². The Kier molecular flexibility index (Phi) is 13.3. The molecule has 0 aliphatic heterocycles. The second-order valence-electron chi connectivity index (χ2n) is 3.66. The number of ether oxygens (including phenoxy) is 1. The summed E-state index contributed by atoms with van der Waals surface area (Å²) < 4.78 is 40.0. The van der Waals surface area contributed by atoms with Gasteiger partial charge < -0.3 is 17.7 Å². The van der Waals surface area contributed by atoms with Gasteiger partial charge in [0, 0.05) is 13.1 Å². The zero-order valence-electron chi connectivity index (χ0n) is 9.94. The van der Waals surface area contributed by atoms with E-state index in [1.54, 1.807) is 0 Å². The molecule has 0 aliphatic rings. The quantitative estimate of drug-likeness (QED) is 0.573. The molecule has 0 saturated carbocycles. The van der Waals surface area contributed by atoms with E-state index in [2.05, 4.69) is 11.7 Å². The van der Waals surface area contributed by atoms with Crippen molar-refractivity contribution in [1.82, 2.24) is 0 Å². The normalized spacial score (nSPS) is 13.4. The number of hydrogen-bond donors (Lipinski definition) is 0. The van der Waals surface area contributed by atoms with E-state index in [1.807, 2.05) is 6.92 Å². The third-order valence-corrected chi connectivity index (χ3v) is 2.20. The van der Waals surface area contributed by atoms with Crippen LogP contribution in [0.1, 0.15) is 39.5 Å². The molecule has 0 amide bonds. The molecule has 0 aromatic carbocycles. The molecule has 0 rings (SSSR count). The molecule has 0 heterocycles. The fraction of sp³-hybridized carbons (Fsp3) is 1.00.